The molecule has 0 bridgehead atoms. The predicted molar refractivity (Wildman–Crippen MR) is 113 cm³/mol. The number of nitrogens with two attached hydrogens (primary N) is 1. The maximum absolute atomic E-state index is 12.7. The highest BCUT2D eigenvalue weighted by atomic mass is 32.1. The number of alkyl halides is 3. The van der Waals surface area contributed by atoms with Gasteiger partial charge in [-0.25, -0.2) is 0 Å². The fourth-order valence-corrected chi connectivity index (χ4v) is 4.11. The molecule has 0 aliphatic carbocycles. The number of carbonyl (C=O) groups excluding carboxylic acids is 2. The van der Waals surface area contributed by atoms with Gasteiger partial charge in [-0.15, -0.1) is 11.3 Å². The highest BCUT2D eigenvalue weighted by molar-refractivity contribution is 7.17. The molecule has 3 N–H and O–H groups in total. The number of carbonyl (C=O) groups is 2. The number of aryl methyl sites for hydroxylation is 1. The third-order valence-electron chi connectivity index (χ3n) is 4.37. The Morgan fingerprint density at radius 1 is 1.06 bits per heavy atom. The second kappa shape index (κ2) is 9.32. The Bertz CT molecular complexity index is 1080. The number of hydrogen-bond donors (Lipinski definition) is 2. The summed E-state index contributed by atoms with van der Waals surface area (Å²) >= 11 is 1.24. The fourth-order valence-electron chi connectivity index (χ4n) is 3.03. The van der Waals surface area contributed by atoms with Gasteiger partial charge in [0.1, 0.15) is 11.6 Å². The number of ether oxygens (including phenoxy) is 1. The highest BCUT2D eigenvalue weighted by Gasteiger charge is 2.27. The largest absolute Gasteiger partial charge is 0.411 e. The van der Waals surface area contributed by atoms with Gasteiger partial charge in [-0.2, -0.15) is 13.2 Å². The molecule has 0 aliphatic heterocycles. The van der Waals surface area contributed by atoms with Crippen molar-refractivity contribution in [2.45, 2.75) is 19.7 Å². The van der Waals surface area contributed by atoms with E-state index in [1.165, 1.54) is 35.6 Å². The van der Waals surface area contributed by atoms with Crippen molar-refractivity contribution in [2.24, 2.45) is 5.73 Å². The van der Waals surface area contributed by atoms with Crippen molar-refractivity contribution in [1.29, 1.82) is 0 Å². The maximum Gasteiger partial charge on any atom is 0.411 e. The monoisotopic (exact) mass is 448 g/mol. The minimum absolute atomic E-state index is 0.224. The molecule has 0 fully saturated rings. The van der Waals surface area contributed by atoms with Gasteiger partial charge >= 0.3 is 6.18 Å². The van der Waals surface area contributed by atoms with Crippen LogP contribution in [0.25, 0.3) is 11.1 Å². The first-order valence-corrected chi connectivity index (χ1v) is 10.0. The van der Waals surface area contributed by atoms with Crippen LogP contribution in [0.5, 0.6) is 0 Å². The summed E-state index contributed by atoms with van der Waals surface area (Å²) in [7, 11) is 0. The predicted octanol–water partition coefficient (Wildman–Crippen LogP) is 5.15. The topological polar surface area (TPSA) is 81.4 Å². The van der Waals surface area contributed by atoms with Crippen LogP contribution in [0.15, 0.2) is 54.6 Å². The molecule has 9 heteroatoms. The summed E-state index contributed by atoms with van der Waals surface area (Å²) in [6, 6.07) is 15.2. The van der Waals surface area contributed by atoms with Crippen molar-refractivity contribution in [1.82, 2.24) is 0 Å². The molecular formula is C22H19F3N2O3S. The van der Waals surface area contributed by atoms with Crippen molar-refractivity contribution < 1.29 is 27.5 Å². The van der Waals surface area contributed by atoms with E-state index in [0.29, 0.717) is 16.1 Å². The van der Waals surface area contributed by atoms with Crippen LogP contribution in [0.3, 0.4) is 0 Å². The molecule has 0 radical (unpaired) electrons. The normalized spacial score (nSPS) is 11.4. The molecule has 0 atom stereocenters. The van der Waals surface area contributed by atoms with Gasteiger partial charge in [-0.05, 0) is 30.2 Å². The molecule has 0 unspecified atom stereocenters. The van der Waals surface area contributed by atoms with Gasteiger partial charge in [0.25, 0.3) is 11.8 Å². The molecule has 2 amide bonds. The molecule has 2 aromatic carbocycles. The Morgan fingerprint density at radius 2 is 1.71 bits per heavy atom. The second-order valence-corrected chi connectivity index (χ2v) is 7.95. The van der Waals surface area contributed by atoms with Crippen LogP contribution in [0.1, 0.15) is 31.2 Å². The van der Waals surface area contributed by atoms with Gasteiger partial charge in [0.05, 0.1) is 12.2 Å². The summed E-state index contributed by atoms with van der Waals surface area (Å²) < 4.78 is 41.1. The second-order valence-electron chi connectivity index (χ2n) is 6.73. The molecule has 3 aromatic rings. The lowest BCUT2D eigenvalue weighted by Crippen LogP contribution is -2.17. The molecule has 162 valence electrons. The Morgan fingerprint density at radius 3 is 2.29 bits per heavy atom. The van der Waals surface area contributed by atoms with E-state index in [4.69, 9.17) is 5.73 Å². The van der Waals surface area contributed by atoms with Crippen molar-refractivity contribution in [3.63, 3.8) is 0 Å². The average molecular weight is 448 g/mol. The standard InChI is InChI=1S/C22H19F3N2O3S/c1-13-17(15-5-3-2-4-6-15)18(19(26)28)21(31-13)27-20(29)16-9-7-14(8-10-16)11-30-12-22(23,24)25/h2-10H,11-12H2,1H3,(H2,26,28)(H,27,29). The minimum Gasteiger partial charge on any atom is -0.367 e. The highest BCUT2D eigenvalue weighted by Crippen LogP contribution is 2.39. The summed E-state index contributed by atoms with van der Waals surface area (Å²) in [5, 5.41) is 3.06. The molecule has 5 nitrogen and oxygen atoms in total. The Kier molecular flexibility index (Phi) is 6.77. The molecule has 0 saturated carbocycles. The van der Waals surface area contributed by atoms with E-state index in [-0.39, 0.29) is 17.7 Å². The van der Waals surface area contributed by atoms with Crippen molar-refractivity contribution >= 4 is 28.2 Å². The fraction of sp³-hybridized carbons (Fsp3) is 0.182. The number of hydrogen-bond acceptors (Lipinski definition) is 4. The molecule has 1 aromatic heterocycles. The lowest BCUT2D eigenvalue weighted by Gasteiger charge is -2.09. The van der Waals surface area contributed by atoms with Gasteiger partial charge in [0.15, 0.2) is 0 Å². The first-order valence-electron chi connectivity index (χ1n) is 9.19. The van der Waals surface area contributed by atoms with Crippen molar-refractivity contribution in [3.8, 4) is 11.1 Å². The van der Waals surface area contributed by atoms with E-state index in [2.05, 4.69) is 10.1 Å². The molecule has 1 heterocycles. The van der Waals surface area contributed by atoms with Gasteiger partial charge in [-0.3, -0.25) is 9.59 Å². The van der Waals surface area contributed by atoms with Crippen LogP contribution in [0.2, 0.25) is 0 Å². The summed E-state index contributed by atoms with van der Waals surface area (Å²) in [4.78, 5) is 25.6. The third-order valence-corrected chi connectivity index (χ3v) is 5.39. The first kappa shape index (κ1) is 22.5. The SMILES string of the molecule is Cc1sc(NC(=O)c2ccc(COCC(F)(F)F)cc2)c(C(N)=O)c1-c1ccccc1. The van der Waals surface area contributed by atoms with Gasteiger partial charge in [0.2, 0.25) is 0 Å². The van der Waals surface area contributed by atoms with Crippen molar-refractivity contribution in [3.05, 3.63) is 76.2 Å². The van der Waals surface area contributed by atoms with Crippen LogP contribution in [0.4, 0.5) is 18.2 Å². The summed E-state index contributed by atoms with van der Waals surface area (Å²) in [5.74, 6) is -1.12. The minimum atomic E-state index is -4.39. The van der Waals surface area contributed by atoms with E-state index in [1.54, 1.807) is 0 Å². The van der Waals surface area contributed by atoms with Gasteiger partial charge in [-0.1, -0.05) is 42.5 Å². The van der Waals surface area contributed by atoms with E-state index >= 15 is 0 Å². The Hall–Kier alpha value is -3.17. The lowest BCUT2D eigenvalue weighted by molar-refractivity contribution is -0.176. The molecule has 0 aliphatic rings. The zero-order chi connectivity index (χ0) is 22.6. The number of halogens is 3. The van der Waals surface area contributed by atoms with E-state index in [1.807, 2.05) is 37.3 Å². The zero-order valence-electron chi connectivity index (χ0n) is 16.5. The van der Waals surface area contributed by atoms with Crippen molar-refractivity contribution in [2.75, 3.05) is 11.9 Å². The van der Waals surface area contributed by atoms with E-state index in [9.17, 15) is 22.8 Å². The number of amides is 2. The summed E-state index contributed by atoms with van der Waals surface area (Å²) in [6.07, 6.45) is -4.39. The number of thiophene rings is 1. The van der Waals surface area contributed by atoms with Crippen LogP contribution >= 0.6 is 11.3 Å². The van der Waals surface area contributed by atoms with Crippen LogP contribution in [-0.4, -0.2) is 24.6 Å². The third kappa shape index (κ3) is 5.71. The number of primary amides is 1. The zero-order valence-corrected chi connectivity index (χ0v) is 17.3. The van der Waals surface area contributed by atoms with Crippen LogP contribution in [0, 0.1) is 6.92 Å². The van der Waals surface area contributed by atoms with Gasteiger partial charge in [0, 0.05) is 16.0 Å². The number of rotatable bonds is 7. The molecule has 0 saturated heterocycles. The van der Waals surface area contributed by atoms with E-state index < -0.39 is 24.6 Å². The summed E-state index contributed by atoms with van der Waals surface area (Å²) in [5.41, 5.74) is 8.10. The number of benzene rings is 2. The summed E-state index contributed by atoms with van der Waals surface area (Å²) in [6.45, 7) is 0.273. The smallest absolute Gasteiger partial charge is 0.367 e. The molecule has 3 rings (SSSR count). The average Bonchev–Trinajstić information content (AvgIpc) is 3.04. The molecule has 0 spiro atoms. The Balaban J connectivity index is 1.77. The Labute approximate surface area is 180 Å². The van der Waals surface area contributed by atoms with E-state index in [0.717, 1.165) is 10.4 Å². The van der Waals surface area contributed by atoms with Crippen LogP contribution in [-0.2, 0) is 11.3 Å². The maximum atomic E-state index is 12.7. The number of nitrogens with one attached hydrogen (secondary N) is 1. The number of anilines is 1. The first-order chi connectivity index (χ1) is 14.7. The lowest BCUT2D eigenvalue weighted by atomic mass is 10.0. The quantitative estimate of drug-likeness (QED) is 0.524. The molecular weight excluding hydrogens is 429 g/mol. The molecule has 31 heavy (non-hydrogen) atoms. The van der Waals surface area contributed by atoms with Crippen LogP contribution < -0.4 is 11.1 Å². The van der Waals surface area contributed by atoms with Gasteiger partial charge < -0.3 is 15.8 Å².